The Kier molecular flexibility index (Phi) is 4.50. The number of hydrogen-bond acceptors (Lipinski definition) is 3. The van der Waals surface area contributed by atoms with Crippen LogP contribution in [0.15, 0.2) is 42.5 Å². The summed E-state index contributed by atoms with van der Waals surface area (Å²) < 4.78 is 11.3. The molecule has 0 aliphatic carbocycles. The van der Waals surface area contributed by atoms with Crippen LogP contribution in [0.2, 0.25) is 0 Å². The van der Waals surface area contributed by atoms with E-state index in [1.54, 1.807) is 0 Å². The molecule has 2 aliphatic heterocycles. The Hall–Kier alpha value is -1.91. The number of carbonyl (C=O) groups excluding carboxylic acids is 1. The lowest BCUT2D eigenvalue weighted by molar-refractivity contribution is -0.149. The molecule has 4 rings (SSSR count). The second-order valence-corrected chi connectivity index (χ2v) is 6.62. The molecule has 2 aromatic rings. The van der Waals surface area contributed by atoms with E-state index in [2.05, 4.69) is 30.3 Å². The Bertz CT molecular complexity index is 724. The zero-order valence-corrected chi connectivity index (χ0v) is 13.8. The highest BCUT2D eigenvalue weighted by Gasteiger charge is 2.35. The lowest BCUT2D eigenvalue weighted by Crippen LogP contribution is -2.50. The van der Waals surface area contributed by atoms with E-state index in [4.69, 9.17) is 9.47 Å². The molecule has 0 saturated carbocycles. The molecule has 24 heavy (non-hydrogen) atoms. The molecule has 2 heterocycles. The van der Waals surface area contributed by atoms with Crippen molar-refractivity contribution in [3.05, 3.63) is 48.0 Å². The molecule has 2 aromatic carbocycles. The number of benzene rings is 2. The van der Waals surface area contributed by atoms with Gasteiger partial charge in [0.1, 0.15) is 0 Å². The van der Waals surface area contributed by atoms with Crippen LogP contribution in [0, 0.1) is 0 Å². The number of nitrogens with zero attached hydrogens (tertiary/aromatic N) is 1. The standard InChI is InChI=1S/C20H23NO3/c22-19(14-15-8-9-16-5-1-2-6-17(16)13-15)21-10-4-3-7-18(21)20-23-11-12-24-20/h1-2,5-6,8-9,13,18,20H,3-4,7,10-12,14H2/t18-/m1/s1. The minimum absolute atomic E-state index is 0.0641. The average Bonchev–Trinajstić information content (AvgIpc) is 3.16. The average molecular weight is 325 g/mol. The van der Waals surface area contributed by atoms with E-state index >= 15 is 0 Å². The molecular weight excluding hydrogens is 302 g/mol. The highest BCUT2D eigenvalue weighted by Crippen LogP contribution is 2.25. The molecule has 0 radical (unpaired) electrons. The number of fused-ring (bicyclic) bond motifs is 1. The van der Waals surface area contributed by atoms with E-state index < -0.39 is 0 Å². The van der Waals surface area contributed by atoms with Crippen LogP contribution in [-0.4, -0.2) is 42.9 Å². The molecule has 1 amide bonds. The number of hydrogen-bond donors (Lipinski definition) is 0. The van der Waals surface area contributed by atoms with Crippen molar-refractivity contribution in [2.45, 2.75) is 38.0 Å². The van der Waals surface area contributed by atoms with Crippen molar-refractivity contribution < 1.29 is 14.3 Å². The van der Waals surface area contributed by atoms with Crippen LogP contribution in [0.25, 0.3) is 10.8 Å². The minimum Gasteiger partial charge on any atom is -0.348 e. The van der Waals surface area contributed by atoms with Crippen LogP contribution >= 0.6 is 0 Å². The topological polar surface area (TPSA) is 38.8 Å². The molecule has 1 atom stereocenters. The summed E-state index contributed by atoms with van der Waals surface area (Å²) in [7, 11) is 0. The molecule has 2 fully saturated rings. The predicted molar refractivity (Wildman–Crippen MR) is 92.7 cm³/mol. The van der Waals surface area contributed by atoms with Crippen molar-refractivity contribution in [2.24, 2.45) is 0 Å². The van der Waals surface area contributed by atoms with Gasteiger partial charge < -0.3 is 14.4 Å². The third-order valence-corrected chi connectivity index (χ3v) is 5.00. The number of amides is 1. The molecule has 0 unspecified atom stereocenters. The molecule has 2 saturated heterocycles. The monoisotopic (exact) mass is 325 g/mol. The van der Waals surface area contributed by atoms with Gasteiger partial charge >= 0.3 is 0 Å². The van der Waals surface area contributed by atoms with Gasteiger partial charge in [-0.1, -0.05) is 42.5 Å². The zero-order valence-electron chi connectivity index (χ0n) is 13.8. The van der Waals surface area contributed by atoms with E-state index in [1.807, 2.05) is 17.0 Å². The lowest BCUT2D eigenvalue weighted by Gasteiger charge is -2.38. The zero-order chi connectivity index (χ0) is 16.4. The van der Waals surface area contributed by atoms with Crippen molar-refractivity contribution >= 4 is 16.7 Å². The van der Waals surface area contributed by atoms with Crippen LogP contribution in [-0.2, 0) is 20.7 Å². The summed E-state index contributed by atoms with van der Waals surface area (Å²) in [4.78, 5) is 14.9. The van der Waals surface area contributed by atoms with E-state index in [1.165, 1.54) is 10.8 Å². The van der Waals surface area contributed by atoms with Crippen LogP contribution in [0.3, 0.4) is 0 Å². The molecular formula is C20H23NO3. The summed E-state index contributed by atoms with van der Waals surface area (Å²) in [5.41, 5.74) is 1.07. The first kappa shape index (κ1) is 15.6. The van der Waals surface area contributed by atoms with Gasteiger partial charge in [0.15, 0.2) is 6.29 Å². The maximum Gasteiger partial charge on any atom is 0.227 e. The number of ether oxygens (including phenoxy) is 2. The van der Waals surface area contributed by atoms with Gasteiger partial charge in [0.05, 0.1) is 25.7 Å². The van der Waals surface area contributed by atoms with Crippen molar-refractivity contribution in [2.75, 3.05) is 19.8 Å². The van der Waals surface area contributed by atoms with Gasteiger partial charge in [0.25, 0.3) is 0 Å². The van der Waals surface area contributed by atoms with Crippen LogP contribution in [0.1, 0.15) is 24.8 Å². The van der Waals surface area contributed by atoms with Crippen LogP contribution < -0.4 is 0 Å². The molecule has 2 aliphatic rings. The highest BCUT2D eigenvalue weighted by atomic mass is 16.7. The predicted octanol–water partition coefficient (Wildman–Crippen LogP) is 3.14. The molecule has 4 heteroatoms. The fraction of sp³-hybridized carbons (Fsp3) is 0.450. The number of carbonyl (C=O) groups is 1. The summed E-state index contributed by atoms with van der Waals surface area (Å²) >= 11 is 0. The number of likely N-dealkylation sites (tertiary alicyclic amines) is 1. The fourth-order valence-electron chi connectivity index (χ4n) is 3.77. The summed E-state index contributed by atoms with van der Waals surface area (Å²) in [6, 6.07) is 14.6. The second-order valence-electron chi connectivity index (χ2n) is 6.62. The third kappa shape index (κ3) is 3.17. The maximum absolute atomic E-state index is 12.9. The maximum atomic E-state index is 12.9. The minimum atomic E-state index is -0.245. The summed E-state index contributed by atoms with van der Waals surface area (Å²) in [5.74, 6) is 0.175. The largest absolute Gasteiger partial charge is 0.348 e. The second kappa shape index (κ2) is 6.91. The molecule has 0 bridgehead atoms. The van der Waals surface area contributed by atoms with Gasteiger partial charge in [-0.2, -0.15) is 0 Å². The quantitative estimate of drug-likeness (QED) is 0.870. The Balaban J connectivity index is 1.50. The van der Waals surface area contributed by atoms with Gasteiger partial charge in [-0.15, -0.1) is 0 Å². The Morgan fingerprint density at radius 2 is 1.83 bits per heavy atom. The Morgan fingerprint density at radius 3 is 2.67 bits per heavy atom. The summed E-state index contributed by atoms with van der Waals surface area (Å²) in [6.07, 6.45) is 3.36. The van der Waals surface area contributed by atoms with E-state index in [0.29, 0.717) is 19.6 Å². The Labute approximate surface area is 142 Å². The van der Waals surface area contributed by atoms with Gasteiger partial charge in [0.2, 0.25) is 5.91 Å². The van der Waals surface area contributed by atoms with Crippen molar-refractivity contribution in [1.82, 2.24) is 4.90 Å². The van der Waals surface area contributed by atoms with E-state index in [-0.39, 0.29) is 18.2 Å². The lowest BCUT2D eigenvalue weighted by atomic mass is 9.99. The summed E-state index contributed by atoms with van der Waals surface area (Å²) in [5, 5.41) is 2.39. The first-order valence-corrected chi connectivity index (χ1v) is 8.81. The van der Waals surface area contributed by atoms with E-state index in [0.717, 1.165) is 31.4 Å². The third-order valence-electron chi connectivity index (χ3n) is 5.00. The van der Waals surface area contributed by atoms with Crippen molar-refractivity contribution in [1.29, 1.82) is 0 Å². The van der Waals surface area contributed by atoms with Gasteiger partial charge in [-0.05, 0) is 35.6 Å². The Morgan fingerprint density at radius 1 is 1.04 bits per heavy atom. The molecule has 0 spiro atoms. The van der Waals surface area contributed by atoms with Crippen molar-refractivity contribution in [3.8, 4) is 0 Å². The smallest absolute Gasteiger partial charge is 0.227 e. The van der Waals surface area contributed by atoms with Gasteiger partial charge in [-0.3, -0.25) is 4.79 Å². The van der Waals surface area contributed by atoms with Crippen LogP contribution in [0.4, 0.5) is 0 Å². The number of piperidine rings is 1. The van der Waals surface area contributed by atoms with Gasteiger partial charge in [-0.25, -0.2) is 0 Å². The summed E-state index contributed by atoms with van der Waals surface area (Å²) in [6.45, 7) is 2.07. The fourth-order valence-corrected chi connectivity index (χ4v) is 3.77. The molecule has 0 N–H and O–H groups in total. The normalized spacial score (nSPS) is 22.2. The highest BCUT2D eigenvalue weighted by molar-refractivity contribution is 5.85. The first-order chi connectivity index (χ1) is 11.8. The SMILES string of the molecule is O=C(Cc1ccc2ccccc2c1)N1CCCC[C@@H]1C1OCCO1. The number of rotatable bonds is 3. The van der Waals surface area contributed by atoms with Gasteiger partial charge in [0, 0.05) is 6.54 Å². The molecule has 0 aromatic heterocycles. The molecule has 126 valence electrons. The van der Waals surface area contributed by atoms with E-state index in [9.17, 15) is 4.79 Å². The first-order valence-electron chi connectivity index (χ1n) is 8.81. The van der Waals surface area contributed by atoms with Crippen LogP contribution in [0.5, 0.6) is 0 Å². The molecule has 4 nitrogen and oxygen atoms in total. The van der Waals surface area contributed by atoms with Crippen molar-refractivity contribution in [3.63, 3.8) is 0 Å².